The van der Waals surface area contributed by atoms with E-state index in [2.05, 4.69) is 5.32 Å². The fourth-order valence-electron chi connectivity index (χ4n) is 1.65. The Hall–Kier alpha value is -2.02. The molecule has 0 heterocycles. The van der Waals surface area contributed by atoms with Crippen molar-refractivity contribution in [1.82, 2.24) is 5.32 Å². The number of hydrogen-bond acceptors (Lipinski definition) is 4. The predicted octanol–water partition coefficient (Wildman–Crippen LogP) is 2.54. The summed E-state index contributed by atoms with van der Waals surface area (Å²) in [6.07, 6.45) is 0. The van der Waals surface area contributed by atoms with Crippen molar-refractivity contribution in [3.05, 3.63) is 22.7 Å². The monoisotopic (exact) mass is 347 g/mol. The lowest BCUT2D eigenvalue weighted by molar-refractivity contribution is -0.139. The van der Waals surface area contributed by atoms with Crippen LogP contribution in [0.1, 0.15) is 24.2 Å². The Balaban J connectivity index is 3.03. The van der Waals surface area contributed by atoms with E-state index in [1.807, 2.05) is 13.8 Å². The summed E-state index contributed by atoms with van der Waals surface area (Å²) in [5, 5.41) is 11.0. The number of amides is 1. The summed E-state index contributed by atoms with van der Waals surface area (Å²) in [6.45, 7) is 3.11. The van der Waals surface area contributed by atoms with Gasteiger partial charge in [-0.25, -0.2) is 9.18 Å². The molecule has 0 spiro atoms. The topological polar surface area (TPSA) is 84.9 Å². The number of carbonyl (C=O) groups is 2. The van der Waals surface area contributed by atoms with Crippen molar-refractivity contribution in [1.29, 1.82) is 0 Å². The Labute approximate surface area is 138 Å². The van der Waals surface area contributed by atoms with Crippen molar-refractivity contribution in [3.63, 3.8) is 0 Å². The van der Waals surface area contributed by atoms with Gasteiger partial charge in [-0.05, 0) is 18.1 Å². The first-order chi connectivity index (χ1) is 10.8. The van der Waals surface area contributed by atoms with E-state index in [0.29, 0.717) is 12.4 Å². The summed E-state index contributed by atoms with van der Waals surface area (Å²) >= 11 is 6.10. The van der Waals surface area contributed by atoms with Gasteiger partial charge in [0.25, 0.3) is 5.91 Å². The third kappa shape index (κ3) is 5.28. The van der Waals surface area contributed by atoms with Crippen LogP contribution in [0.15, 0.2) is 12.1 Å². The van der Waals surface area contributed by atoms with Crippen LogP contribution in [0.4, 0.5) is 4.39 Å². The average molecular weight is 348 g/mol. The highest BCUT2D eigenvalue weighted by molar-refractivity contribution is 6.32. The number of hydrogen-bond donors (Lipinski definition) is 2. The molecule has 0 aliphatic carbocycles. The van der Waals surface area contributed by atoms with Gasteiger partial charge in [0.1, 0.15) is 6.67 Å². The minimum Gasteiger partial charge on any atom is -0.493 e. The van der Waals surface area contributed by atoms with Crippen LogP contribution in [0, 0.1) is 5.92 Å². The van der Waals surface area contributed by atoms with E-state index in [-0.39, 0.29) is 22.3 Å². The molecule has 0 saturated heterocycles. The second-order valence-corrected chi connectivity index (χ2v) is 5.62. The van der Waals surface area contributed by atoms with Crippen LogP contribution in [0.5, 0.6) is 11.5 Å². The molecule has 0 fully saturated rings. The molecule has 0 aliphatic rings. The van der Waals surface area contributed by atoms with Crippen molar-refractivity contribution in [2.75, 3.05) is 20.4 Å². The SMILES string of the molecule is COc1cc(C(=O)NC(CF)C(=O)O)cc(Cl)c1OCC(C)C. The number of nitrogens with one attached hydrogen (secondary N) is 1. The maximum atomic E-state index is 12.6. The first-order valence-electron chi connectivity index (χ1n) is 6.90. The van der Waals surface area contributed by atoms with Crippen LogP contribution in [0.25, 0.3) is 0 Å². The first kappa shape index (κ1) is 19.0. The van der Waals surface area contributed by atoms with Gasteiger partial charge in [-0.3, -0.25) is 4.79 Å². The standard InChI is InChI=1S/C15H19ClFNO5/c1-8(2)7-23-13-10(16)4-9(5-12(13)22-3)14(19)18-11(6-17)15(20)21/h4-5,8,11H,6-7H2,1-3H3,(H,18,19)(H,20,21). The molecule has 0 radical (unpaired) electrons. The molecule has 1 aromatic carbocycles. The van der Waals surface area contributed by atoms with Crippen molar-refractivity contribution < 1.29 is 28.6 Å². The molecule has 0 aromatic heterocycles. The molecule has 6 nitrogen and oxygen atoms in total. The number of alkyl halides is 1. The van der Waals surface area contributed by atoms with Gasteiger partial charge in [-0.2, -0.15) is 0 Å². The number of halogens is 2. The number of methoxy groups -OCH3 is 1. The summed E-state index contributed by atoms with van der Waals surface area (Å²) in [5.74, 6) is -1.45. The van der Waals surface area contributed by atoms with E-state index in [4.69, 9.17) is 26.2 Å². The fraction of sp³-hybridized carbons (Fsp3) is 0.467. The molecule has 8 heteroatoms. The third-order valence-electron chi connectivity index (χ3n) is 2.81. The molecule has 0 aliphatic heterocycles. The number of benzene rings is 1. The molecular formula is C15H19ClFNO5. The van der Waals surface area contributed by atoms with E-state index in [1.54, 1.807) is 0 Å². The van der Waals surface area contributed by atoms with Crippen molar-refractivity contribution in [3.8, 4) is 11.5 Å². The number of carboxylic acids is 1. The van der Waals surface area contributed by atoms with Gasteiger partial charge in [0.05, 0.1) is 18.7 Å². The number of rotatable bonds is 8. The van der Waals surface area contributed by atoms with Crippen LogP contribution in [-0.4, -0.2) is 43.4 Å². The second kappa shape index (κ2) is 8.57. The quantitative estimate of drug-likeness (QED) is 0.755. The van der Waals surface area contributed by atoms with Crippen molar-refractivity contribution >= 4 is 23.5 Å². The van der Waals surface area contributed by atoms with Gasteiger partial charge >= 0.3 is 5.97 Å². The lowest BCUT2D eigenvalue weighted by Gasteiger charge is -2.16. The van der Waals surface area contributed by atoms with E-state index in [0.717, 1.165) is 0 Å². The normalized spacial score (nSPS) is 11.9. The number of aliphatic carboxylic acids is 1. The lowest BCUT2D eigenvalue weighted by atomic mass is 10.1. The third-order valence-corrected chi connectivity index (χ3v) is 3.09. The number of ether oxygens (including phenoxy) is 2. The van der Waals surface area contributed by atoms with E-state index in [1.165, 1.54) is 19.2 Å². The maximum Gasteiger partial charge on any atom is 0.328 e. The van der Waals surface area contributed by atoms with Crippen molar-refractivity contribution in [2.24, 2.45) is 5.92 Å². The lowest BCUT2D eigenvalue weighted by Crippen LogP contribution is -2.42. The van der Waals surface area contributed by atoms with Gasteiger partial charge in [0.15, 0.2) is 17.5 Å². The van der Waals surface area contributed by atoms with E-state index in [9.17, 15) is 14.0 Å². The van der Waals surface area contributed by atoms with Gasteiger partial charge in [-0.1, -0.05) is 25.4 Å². The molecule has 1 aromatic rings. The molecule has 1 unspecified atom stereocenters. The van der Waals surface area contributed by atoms with Crippen LogP contribution in [0.2, 0.25) is 5.02 Å². The summed E-state index contributed by atoms with van der Waals surface area (Å²) < 4.78 is 23.3. The Morgan fingerprint density at radius 2 is 2.04 bits per heavy atom. The number of carboxylic acid groups (broad SMARTS) is 1. The largest absolute Gasteiger partial charge is 0.493 e. The van der Waals surface area contributed by atoms with Gasteiger partial charge < -0.3 is 19.9 Å². The maximum absolute atomic E-state index is 12.6. The Kier molecular flexibility index (Phi) is 7.09. The molecule has 2 N–H and O–H groups in total. The average Bonchev–Trinajstić information content (AvgIpc) is 2.49. The molecule has 1 atom stereocenters. The highest BCUT2D eigenvalue weighted by atomic mass is 35.5. The van der Waals surface area contributed by atoms with Gasteiger partial charge in [-0.15, -0.1) is 0 Å². The predicted molar refractivity (Wildman–Crippen MR) is 83.2 cm³/mol. The van der Waals surface area contributed by atoms with Crippen LogP contribution < -0.4 is 14.8 Å². The van der Waals surface area contributed by atoms with Crippen LogP contribution in [-0.2, 0) is 4.79 Å². The Morgan fingerprint density at radius 1 is 1.39 bits per heavy atom. The zero-order chi connectivity index (χ0) is 17.6. The molecule has 0 bridgehead atoms. The zero-order valence-corrected chi connectivity index (χ0v) is 13.8. The van der Waals surface area contributed by atoms with Crippen molar-refractivity contribution in [2.45, 2.75) is 19.9 Å². The van der Waals surface area contributed by atoms with Gasteiger partial charge in [0, 0.05) is 5.56 Å². The summed E-state index contributed by atoms with van der Waals surface area (Å²) in [7, 11) is 1.39. The summed E-state index contributed by atoms with van der Waals surface area (Å²) in [5.41, 5.74) is 0.0449. The minimum atomic E-state index is -1.62. The van der Waals surface area contributed by atoms with Crippen LogP contribution >= 0.6 is 11.6 Å². The molecule has 128 valence electrons. The second-order valence-electron chi connectivity index (χ2n) is 5.21. The molecule has 0 saturated carbocycles. The molecule has 1 rings (SSSR count). The molecule has 23 heavy (non-hydrogen) atoms. The van der Waals surface area contributed by atoms with E-state index < -0.39 is 24.6 Å². The summed E-state index contributed by atoms with van der Waals surface area (Å²) in [6, 6.07) is 1.05. The van der Waals surface area contributed by atoms with Crippen LogP contribution in [0.3, 0.4) is 0 Å². The number of carbonyl (C=O) groups excluding carboxylic acids is 1. The highest BCUT2D eigenvalue weighted by Crippen LogP contribution is 2.36. The minimum absolute atomic E-state index is 0.0449. The molecule has 1 amide bonds. The highest BCUT2D eigenvalue weighted by Gasteiger charge is 2.22. The van der Waals surface area contributed by atoms with Gasteiger partial charge in [0.2, 0.25) is 0 Å². The summed E-state index contributed by atoms with van der Waals surface area (Å²) in [4.78, 5) is 22.8. The smallest absolute Gasteiger partial charge is 0.328 e. The molecular weight excluding hydrogens is 329 g/mol. The first-order valence-corrected chi connectivity index (χ1v) is 7.27. The Bertz CT molecular complexity index is 579. The zero-order valence-electron chi connectivity index (χ0n) is 13.1. The van der Waals surface area contributed by atoms with E-state index >= 15 is 0 Å². The Morgan fingerprint density at radius 3 is 2.52 bits per heavy atom. The fourth-order valence-corrected chi connectivity index (χ4v) is 1.91.